The van der Waals surface area contributed by atoms with Crippen molar-refractivity contribution < 1.29 is 9.90 Å². The van der Waals surface area contributed by atoms with Crippen LogP contribution in [0.3, 0.4) is 0 Å². The molecule has 0 aromatic heterocycles. The van der Waals surface area contributed by atoms with E-state index in [2.05, 4.69) is 24.3 Å². The summed E-state index contributed by atoms with van der Waals surface area (Å²) in [4.78, 5) is 10.1. The van der Waals surface area contributed by atoms with Crippen molar-refractivity contribution in [3.05, 3.63) is 71.8 Å². The Labute approximate surface area is 143 Å². The molecular formula is C19H27N3O2. The van der Waals surface area contributed by atoms with E-state index in [1.807, 2.05) is 36.4 Å². The molecule has 0 saturated carbocycles. The second-order valence-electron chi connectivity index (χ2n) is 5.53. The molecule has 0 aliphatic carbocycles. The Bertz CT molecular complexity index is 536. The fourth-order valence-electron chi connectivity index (χ4n) is 2.15. The first-order valence-electron chi connectivity index (χ1n) is 8.10. The van der Waals surface area contributed by atoms with Gasteiger partial charge >= 0.3 is 5.97 Å². The van der Waals surface area contributed by atoms with E-state index in [1.54, 1.807) is 0 Å². The number of carbonyl (C=O) groups is 1. The number of carboxylic acids is 1. The van der Waals surface area contributed by atoms with Gasteiger partial charge in [-0.3, -0.25) is 4.79 Å². The van der Waals surface area contributed by atoms with Gasteiger partial charge in [-0.15, -0.1) is 0 Å². The van der Waals surface area contributed by atoms with Crippen LogP contribution in [0.4, 0.5) is 0 Å². The molecule has 0 spiro atoms. The number of unbranched alkanes of at least 4 members (excludes halogenated alkanes) is 1. The molecular weight excluding hydrogens is 302 g/mol. The van der Waals surface area contributed by atoms with E-state index in [0.29, 0.717) is 13.0 Å². The summed E-state index contributed by atoms with van der Waals surface area (Å²) in [5.74, 6) is -0.933. The molecule has 0 radical (unpaired) electrons. The summed E-state index contributed by atoms with van der Waals surface area (Å²) >= 11 is 0. The molecule has 2 rings (SSSR count). The molecule has 5 nitrogen and oxygen atoms in total. The fraction of sp³-hybridized carbons (Fsp3) is 0.316. The first-order valence-corrected chi connectivity index (χ1v) is 8.10. The first-order chi connectivity index (χ1) is 11.6. The lowest BCUT2D eigenvalue weighted by molar-refractivity contribution is -0.138. The third-order valence-corrected chi connectivity index (χ3v) is 3.60. The fourth-order valence-corrected chi connectivity index (χ4v) is 2.15. The van der Waals surface area contributed by atoms with Gasteiger partial charge in [0.05, 0.1) is 6.04 Å². The molecule has 0 aliphatic rings. The Hall–Kier alpha value is -2.21. The Morgan fingerprint density at radius 3 is 1.71 bits per heavy atom. The molecule has 1 atom stereocenters. The summed E-state index contributed by atoms with van der Waals surface area (Å²) in [6.45, 7) is 0.604. The van der Waals surface area contributed by atoms with Gasteiger partial charge < -0.3 is 22.3 Å². The standard InChI is InChI=1S/C13H13N.C6H14N2O2/c14-13(11-7-3-1-4-8-11)12-9-5-2-6-10-12;7-4-2-1-3-5(8)6(9)10/h1-10,13H,14H2;5H,1-4,7-8H2,(H,9,10)/t;5-/m.0/s1. The summed E-state index contributed by atoms with van der Waals surface area (Å²) in [7, 11) is 0. The van der Waals surface area contributed by atoms with Gasteiger partial charge in [0.15, 0.2) is 0 Å². The van der Waals surface area contributed by atoms with Crippen LogP contribution in [0.1, 0.15) is 36.4 Å². The number of carboxylic acid groups (broad SMARTS) is 1. The highest BCUT2D eigenvalue weighted by atomic mass is 16.4. The first kappa shape index (κ1) is 19.8. The van der Waals surface area contributed by atoms with Crippen LogP contribution >= 0.6 is 0 Å². The van der Waals surface area contributed by atoms with E-state index < -0.39 is 12.0 Å². The van der Waals surface area contributed by atoms with Crippen molar-refractivity contribution in [3.63, 3.8) is 0 Å². The molecule has 0 unspecified atom stereocenters. The van der Waals surface area contributed by atoms with Crippen molar-refractivity contribution in [2.24, 2.45) is 17.2 Å². The van der Waals surface area contributed by atoms with E-state index in [1.165, 1.54) is 0 Å². The van der Waals surface area contributed by atoms with Crippen LogP contribution in [0.15, 0.2) is 60.7 Å². The number of hydrogen-bond donors (Lipinski definition) is 4. The van der Waals surface area contributed by atoms with Gasteiger partial charge in [-0.25, -0.2) is 0 Å². The minimum absolute atomic E-state index is 0.0163. The van der Waals surface area contributed by atoms with Gasteiger partial charge in [-0.1, -0.05) is 67.1 Å². The lowest BCUT2D eigenvalue weighted by atomic mass is 10.00. The lowest BCUT2D eigenvalue weighted by Crippen LogP contribution is -2.29. The maximum atomic E-state index is 10.1. The number of hydrogen-bond acceptors (Lipinski definition) is 4. The quantitative estimate of drug-likeness (QED) is 0.582. The van der Waals surface area contributed by atoms with E-state index in [9.17, 15) is 4.79 Å². The number of benzene rings is 2. The Morgan fingerprint density at radius 2 is 1.33 bits per heavy atom. The third-order valence-electron chi connectivity index (χ3n) is 3.60. The normalized spacial score (nSPS) is 11.5. The molecule has 0 bridgehead atoms. The van der Waals surface area contributed by atoms with Crippen molar-refractivity contribution in [3.8, 4) is 0 Å². The molecule has 0 fully saturated rings. The highest BCUT2D eigenvalue weighted by molar-refractivity contribution is 5.72. The maximum absolute atomic E-state index is 10.1. The third kappa shape index (κ3) is 7.37. The second kappa shape index (κ2) is 11.3. The molecule has 0 heterocycles. The minimum Gasteiger partial charge on any atom is -0.480 e. The molecule has 5 heteroatoms. The van der Waals surface area contributed by atoms with Gasteiger partial charge in [0.2, 0.25) is 0 Å². The topological polar surface area (TPSA) is 115 Å². The monoisotopic (exact) mass is 329 g/mol. The summed E-state index contributed by atoms with van der Waals surface area (Å²) in [6, 6.07) is 19.5. The number of aliphatic carboxylic acids is 1. The van der Waals surface area contributed by atoms with Gasteiger partial charge in [0, 0.05) is 0 Å². The van der Waals surface area contributed by atoms with Crippen molar-refractivity contribution in [1.29, 1.82) is 0 Å². The van der Waals surface area contributed by atoms with Crippen molar-refractivity contribution in [2.75, 3.05) is 6.54 Å². The highest BCUT2D eigenvalue weighted by Crippen LogP contribution is 2.18. The minimum atomic E-state index is -0.933. The summed E-state index contributed by atoms with van der Waals surface area (Å²) in [5.41, 5.74) is 18.8. The molecule has 7 N–H and O–H groups in total. The molecule has 0 amide bonds. The van der Waals surface area contributed by atoms with Crippen LogP contribution in [0.2, 0.25) is 0 Å². The largest absolute Gasteiger partial charge is 0.480 e. The average molecular weight is 329 g/mol. The van der Waals surface area contributed by atoms with Crippen LogP contribution < -0.4 is 17.2 Å². The molecule has 0 saturated heterocycles. The van der Waals surface area contributed by atoms with Crippen LogP contribution in [0.25, 0.3) is 0 Å². The SMILES string of the molecule is NC(c1ccccc1)c1ccccc1.NCCCC[C@H](N)C(=O)O. The van der Waals surface area contributed by atoms with Crippen molar-refractivity contribution in [2.45, 2.75) is 31.3 Å². The number of nitrogens with two attached hydrogens (primary N) is 3. The Balaban J connectivity index is 0.000000257. The van der Waals surface area contributed by atoms with Crippen LogP contribution in [0.5, 0.6) is 0 Å². The summed E-state index contributed by atoms with van der Waals surface area (Å²) < 4.78 is 0. The predicted octanol–water partition coefficient (Wildman–Crippen LogP) is 2.26. The second-order valence-corrected chi connectivity index (χ2v) is 5.53. The Kier molecular flexibility index (Phi) is 9.38. The molecule has 0 aliphatic heterocycles. The molecule has 2 aromatic carbocycles. The molecule has 130 valence electrons. The Morgan fingerprint density at radius 1 is 0.875 bits per heavy atom. The predicted molar refractivity (Wildman–Crippen MR) is 97.4 cm³/mol. The zero-order valence-electron chi connectivity index (χ0n) is 13.8. The zero-order valence-corrected chi connectivity index (χ0v) is 13.8. The van der Waals surface area contributed by atoms with Gasteiger partial charge in [0.1, 0.15) is 6.04 Å². The highest BCUT2D eigenvalue weighted by Gasteiger charge is 2.09. The zero-order chi connectivity index (χ0) is 17.8. The van der Waals surface area contributed by atoms with E-state index >= 15 is 0 Å². The molecule has 2 aromatic rings. The van der Waals surface area contributed by atoms with Crippen LogP contribution in [0, 0.1) is 0 Å². The van der Waals surface area contributed by atoms with Crippen molar-refractivity contribution >= 4 is 5.97 Å². The molecule has 24 heavy (non-hydrogen) atoms. The maximum Gasteiger partial charge on any atom is 0.320 e. The summed E-state index contributed by atoms with van der Waals surface area (Å²) in [6.07, 6.45) is 2.16. The van der Waals surface area contributed by atoms with Crippen LogP contribution in [-0.4, -0.2) is 23.7 Å². The van der Waals surface area contributed by atoms with Gasteiger partial charge in [-0.05, 0) is 30.5 Å². The average Bonchev–Trinajstić information content (AvgIpc) is 2.63. The van der Waals surface area contributed by atoms with Gasteiger partial charge in [-0.2, -0.15) is 0 Å². The smallest absolute Gasteiger partial charge is 0.320 e. The van der Waals surface area contributed by atoms with Crippen LogP contribution in [-0.2, 0) is 4.79 Å². The van der Waals surface area contributed by atoms with E-state index in [-0.39, 0.29) is 6.04 Å². The van der Waals surface area contributed by atoms with E-state index in [0.717, 1.165) is 24.0 Å². The van der Waals surface area contributed by atoms with Crippen molar-refractivity contribution in [1.82, 2.24) is 0 Å². The lowest BCUT2D eigenvalue weighted by Gasteiger charge is -2.11. The summed E-state index contributed by atoms with van der Waals surface area (Å²) in [5, 5.41) is 8.33. The van der Waals surface area contributed by atoms with Gasteiger partial charge in [0.25, 0.3) is 0 Å². The number of rotatable bonds is 7. The van der Waals surface area contributed by atoms with E-state index in [4.69, 9.17) is 22.3 Å².